The molecule has 0 atom stereocenters. The van der Waals surface area contributed by atoms with Gasteiger partial charge in [-0.1, -0.05) is 65.5 Å². The molecule has 0 saturated heterocycles. The maximum atomic E-state index is 12.2. The molecule has 0 aromatic heterocycles. The van der Waals surface area contributed by atoms with Gasteiger partial charge in [-0.2, -0.15) is 5.10 Å². The minimum Gasteiger partial charge on any atom is -0.267 e. The first-order chi connectivity index (χ1) is 12.1. The van der Waals surface area contributed by atoms with Crippen LogP contribution < -0.4 is 5.43 Å². The third-order valence-electron chi connectivity index (χ3n) is 4.82. The largest absolute Gasteiger partial charge is 0.271 e. The van der Waals surface area contributed by atoms with Crippen LogP contribution in [0.2, 0.25) is 0 Å². The van der Waals surface area contributed by atoms with Crippen molar-refractivity contribution < 1.29 is 4.79 Å². The van der Waals surface area contributed by atoms with Crippen molar-refractivity contribution in [2.75, 3.05) is 0 Å². The maximum absolute atomic E-state index is 12.2. The number of hydrazone groups is 1. The van der Waals surface area contributed by atoms with Crippen molar-refractivity contribution in [3.63, 3.8) is 0 Å². The van der Waals surface area contributed by atoms with Crippen molar-refractivity contribution in [1.82, 2.24) is 5.43 Å². The minimum atomic E-state index is -0.209. The van der Waals surface area contributed by atoms with E-state index in [0.717, 1.165) is 15.7 Å². The number of amides is 1. The Hall–Kier alpha value is -1.94. The van der Waals surface area contributed by atoms with Crippen LogP contribution >= 0.6 is 15.9 Å². The Bertz CT molecular complexity index is 762. The van der Waals surface area contributed by atoms with Gasteiger partial charge in [0.2, 0.25) is 0 Å². The molecule has 0 heterocycles. The summed E-state index contributed by atoms with van der Waals surface area (Å²) < 4.78 is 0.874. The molecule has 1 aliphatic carbocycles. The van der Waals surface area contributed by atoms with E-state index in [9.17, 15) is 4.79 Å². The summed E-state index contributed by atoms with van der Waals surface area (Å²) in [7, 11) is 0. The summed E-state index contributed by atoms with van der Waals surface area (Å²) in [6.45, 7) is 1.91. The quantitative estimate of drug-likeness (QED) is 0.524. The number of rotatable bonds is 4. The molecule has 1 amide bonds. The summed E-state index contributed by atoms with van der Waals surface area (Å²) in [6.07, 6.45) is 6.66. The van der Waals surface area contributed by atoms with Crippen LogP contribution in [-0.2, 0) is 0 Å². The van der Waals surface area contributed by atoms with Crippen molar-refractivity contribution in [1.29, 1.82) is 0 Å². The molecule has 1 aliphatic rings. The number of nitrogens with zero attached hydrogens (tertiary/aromatic N) is 1. The smallest absolute Gasteiger partial charge is 0.267 e. The predicted octanol–water partition coefficient (Wildman–Crippen LogP) is 5.65. The zero-order valence-electron chi connectivity index (χ0n) is 14.5. The van der Waals surface area contributed by atoms with Crippen LogP contribution in [-0.4, -0.2) is 11.6 Å². The summed E-state index contributed by atoms with van der Waals surface area (Å²) in [5, 5.41) is 4.24. The molecular weight excluding hydrogens is 376 g/mol. The Labute approximate surface area is 157 Å². The zero-order valence-corrected chi connectivity index (χ0v) is 16.1. The van der Waals surface area contributed by atoms with Gasteiger partial charge in [-0.15, -0.1) is 0 Å². The lowest BCUT2D eigenvalue weighted by Crippen LogP contribution is -2.19. The van der Waals surface area contributed by atoms with E-state index in [2.05, 4.69) is 50.7 Å². The van der Waals surface area contributed by atoms with Gasteiger partial charge in [0.1, 0.15) is 0 Å². The highest BCUT2D eigenvalue weighted by molar-refractivity contribution is 9.10. The molecule has 1 N–H and O–H groups in total. The minimum absolute atomic E-state index is 0.209. The molecule has 0 radical (unpaired) electrons. The van der Waals surface area contributed by atoms with Crippen LogP contribution in [0.15, 0.2) is 58.1 Å². The lowest BCUT2D eigenvalue weighted by Gasteiger charge is -2.22. The van der Waals surface area contributed by atoms with Crippen LogP contribution in [0, 0.1) is 0 Å². The standard InChI is InChI=1S/C21H23BrN2O/c1-15(23-24-21(25)19-8-5-9-20(22)14-19)16-10-12-18(13-11-16)17-6-3-2-4-7-17/h5,8-14,17H,2-4,6-7H2,1H3,(H,24,25). The first kappa shape index (κ1) is 17.9. The molecule has 0 unspecified atom stereocenters. The second-order valence-corrected chi connectivity index (χ2v) is 7.52. The van der Waals surface area contributed by atoms with Gasteiger partial charge in [-0.05, 0) is 55.0 Å². The number of carbonyl (C=O) groups excluding carboxylic acids is 1. The van der Waals surface area contributed by atoms with Crippen LogP contribution in [0.1, 0.15) is 66.4 Å². The lowest BCUT2D eigenvalue weighted by atomic mass is 9.84. The van der Waals surface area contributed by atoms with Gasteiger partial charge in [0, 0.05) is 10.0 Å². The predicted molar refractivity (Wildman–Crippen MR) is 106 cm³/mol. The van der Waals surface area contributed by atoms with E-state index in [-0.39, 0.29) is 5.91 Å². The third-order valence-corrected chi connectivity index (χ3v) is 5.31. The highest BCUT2D eigenvalue weighted by Gasteiger charge is 2.15. The average Bonchev–Trinajstić information content (AvgIpc) is 2.66. The molecule has 1 fully saturated rings. The fourth-order valence-electron chi connectivity index (χ4n) is 3.33. The number of carbonyl (C=O) groups is 1. The van der Waals surface area contributed by atoms with E-state index in [4.69, 9.17) is 0 Å². The lowest BCUT2D eigenvalue weighted by molar-refractivity contribution is 0.0955. The number of benzene rings is 2. The number of halogens is 1. The summed E-state index contributed by atoms with van der Waals surface area (Å²) in [4.78, 5) is 12.2. The number of hydrogen-bond acceptors (Lipinski definition) is 2. The molecule has 0 bridgehead atoms. The Balaban J connectivity index is 1.64. The Morgan fingerprint density at radius 2 is 1.76 bits per heavy atom. The zero-order chi connectivity index (χ0) is 17.6. The van der Waals surface area contributed by atoms with Crippen molar-refractivity contribution in [3.8, 4) is 0 Å². The Morgan fingerprint density at radius 3 is 2.44 bits per heavy atom. The first-order valence-electron chi connectivity index (χ1n) is 8.84. The SMILES string of the molecule is CC(=NNC(=O)c1cccc(Br)c1)c1ccc(C2CCCCC2)cc1. The highest BCUT2D eigenvalue weighted by atomic mass is 79.9. The van der Waals surface area contributed by atoms with Gasteiger partial charge >= 0.3 is 0 Å². The highest BCUT2D eigenvalue weighted by Crippen LogP contribution is 2.32. The van der Waals surface area contributed by atoms with Gasteiger partial charge in [0.05, 0.1) is 5.71 Å². The second kappa shape index (κ2) is 8.43. The normalized spacial score (nSPS) is 15.8. The van der Waals surface area contributed by atoms with Gasteiger partial charge in [0.25, 0.3) is 5.91 Å². The van der Waals surface area contributed by atoms with Crippen LogP contribution in [0.4, 0.5) is 0 Å². The molecule has 3 nitrogen and oxygen atoms in total. The van der Waals surface area contributed by atoms with E-state index in [1.54, 1.807) is 12.1 Å². The van der Waals surface area contributed by atoms with Crippen LogP contribution in [0.25, 0.3) is 0 Å². The second-order valence-electron chi connectivity index (χ2n) is 6.61. The van der Waals surface area contributed by atoms with E-state index in [1.165, 1.54) is 37.7 Å². The molecule has 2 aromatic rings. The Morgan fingerprint density at radius 1 is 1.04 bits per heavy atom. The molecule has 0 spiro atoms. The van der Waals surface area contributed by atoms with Crippen molar-refractivity contribution in [2.45, 2.75) is 44.9 Å². The van der Waals surface area contributed by atoms with E-state index in [1.807, 2.05) is 19.1 Å². The van der Waals surface area contributed by atoms with Gasteiger partial charge in [0.15, 0.2) is 0 Å². The molecule has 1 saturated carbocycles. The molecule has 2 aromatic carbocycles. The average molecular weight is 399 g/mol. The molecule has 0 aliphatic heterocycles. The Kier molecular flexibility index (Phi) is 6.03. The van der Waals surface area contributed by atoms with Crippen LogP contribution in [0.3, 0.4) is 0 Å². The molecule has 130 valence electrons. The number of hydrogen-bond donors (Lipinski definition) is 1. The molecular formula is C21H23BrN2O. The third kappa shape index (κ3) is 4.79. The fraction of sp³-hybridized carbons (Fsp3) is 0.333. The maximum Gasteiger partial charge on any atom is 0.271 e. The van der Waals surface area contributed by atoms with Gasteiger partial charge in [-0.3, -0.25) is 4.79 Å². The summed E-state index contributed by atoms with van der Waals surface area (Å²) in [5.74, 6) is 0.496. The van der Waals surface area contributed by atoms with Crippen LogP contribution in [0.5, 0.6) is 0 Å². The topological polar surface area (TPSA) is 41.5 Å². The monoisotopic (exact) mass is 398 g/mol. The molecule has 3 rings (SSSR count). The van der Waals surface area contributed by atoms with E-state index >= 15 is 0 Å². The van der Waals surface area contributed by atoms with E-state index < -0.39 is 0 Å². The summed E-state index contributed by atoms with van der Waals surface area (Å²) in [6, 6.07) is 15.9. The van der Waals surface area contributed by atoms with Crippen molar-refractivity contribution in [2.24, 2.45) is 5.10 Å². The van der Waals surface area contributed by atoms with Gasteiger partial charge < -0.3 is 0 Å². The first-order valence-corrected chi connectivity index (χ1v) is 9.63. The summed E-state index contributed by atoms with van der Waals surface area (Å²) >= 11 is 3.37. The summed E-state index contributed by atoms with van der Waals surface area (Å²) in [5.41, 5.74) is 6.48. The van der Waals surface area contributed by atoms with Gasteiger partial charge in [-0.25, -0.2) is 5.43 Å². The number of nitrogens with one attached hydrogen (secondary N) is 1. The van der Waals surface area contributed by atoms with Crippen molar-refractivity contribution in [3.05, 3.63) is 69.7 Å². The molecule has 25 heavy (non-hydrogen) atoms. The van der Waals surface area contributed by atoms with Crippen molar-refractivity contribution >= 4 is 27.5 Å². The van der Waals surface area contributed by atoms with E-state index in [0.29, 0.717) is 11.5 Å². The fourth-order valence-corrected chi connectivity index (χ4v) is 3.73. The molecule has 4 heteroatoms.